The van der Waals surface area contributed by atoms with Gasteiger partial charge >= 0.3 is 0 Å². The molecule has 0 saturated carbocycles. The largest absolute Gasteiger partial charge is 0.0827 e. The minimum absolute atomic E-state index is 0.670. The maximum absolute atomic E-state index is 5.98. The fraction of sp³-hybridized carbons (Fsp3) is 0.333. The Kier molecular flexibility index (Phi) is 3.21. The third kappa shape index (κ3) is 1.68. The molecule has 12 heavy (non-hydrogen) atoms. The first-order chi connectivity index (χ1) is 5.57. The van der Waals surface area contributed by atoms with Gasteiger partial charge in [0.1, 0.15) is 0 Å². The minimum Gasteiger partial charge on any atom is -0.0827 e. The van der Waals surface area contributed by atoms with E-state index in [0.717, 1.165) is 15.1 Å². The van der Waals surface area contributed by atoms with E-state index >= 15 is 0 Å². The summed E-state index contributed by atoms with van der Waals surface area (Å²) in [6, 6.07) is 1.96. The van der Waals surface area contributed by atoms with Gasteiger partial charge in [-0.25, -0.2) is 0 Å². The van der Waals surface area contributed by atoms with Gasteiger partial charge < -0.3 is 0 Å². The molecule has 0 bridgehead atoms. The topological polar surface area (TPSA) is 0 Å². The highest BCUT2D eigenvalue weighted by molar-refractivity contribution is 6.54. The van der Waals surface area contributed by atoms with Gasteiger partial charge in [-0.3, -0.25) is 0 Å². The van der Waals surface area contributed by atoms with Crippen molar-refractivity contribution in [1.29, 1.82) is 0 Å². The molecule has 3 heteroatoms. The standard InChI is InChI=1S/C9H10Cl2Si/c1-5-6(2)9(11)7(10)4-8(5)12-3/h4H,1-3H3. The van der Waals surface area contributed by atoms with Crippen LogP contribution in [0, 0.1) is 13.8 Å². The molecular formula is C9H10Cl2Si. The highest BCUT2D eigenvalue weighted by atomic mass is 35.5. The molecule has 1 aromatic carbocycles. The Morgan fingerprint density at radius 1 is 1.17 bits per heavy atom. The fourth-order valence-electron chi connectivity index (χ4n) is 1.10. The first-order valence-electron chi connectivity index (χ1n) is 3.71. The Morgan fingerprint density at radius 2 is 1.75 bits per heavy atom. The molecule has 0 fully saturated rings. The number of hydrogen-bond donors (Lipinski definition) is 0. The van der Waals surface area contributed by atoms with E-state index in [9.17, 15) is 0 Å². The van der Waals surface area contributed by atoms with Gasteiger partial charge in [-0.15, -0.1) is 0 Å². The maximum Gasteiger partial charge on any atom is 0.0777 e. The van der Waals surface area contributed by atoms with Crippen LogP contribution in [0.4, 0.5) is 0 Å². The summed E-state index contributed by atoms with van der Waals surface area (Å²) in [5.41, 5.74) is 2.37. The Bertz CT molecular complexity index is 308. The lowest BCUT2D eigenvalue weighted by molar-refractivity contribution is 1.37. The van der Waals surface area contributed by atoms with Crippen molar-refractivity contribution in [3.05, 3.63) is 27.2 Å². The quantitative estimate of drug-likeness (QED) is 0.634. The molecule has 0 aliphatic heterocycles. The molecule has 0 amide bonds. The van der Waals surface area contributed by atoms with Gasteiger partial charge in [-0.05, 0) is 31.0 Å². The van der Waals surface area contributed by atoms with Gasteiger partial charge in [0.15, 0.2) is 0 Å². The molecule has 0 aliphatic rings. The molecule has 0 heterocycles. The lowest BCUT2D eigenvalue weighted by Crippen LogP contribution is -2.16. The zero-order valence-corrected chi connectivity index (χ0v) is 9.85. The van der Waals surface area contributed by atoms with Gasteiger partial charge in [-0.1, -0.05) is 34.9 Å². The zero-order valence-electron chi connectivity index (χ0n) is 7.33. The molecule has 1 aromatic rings. The van der Waals surface area contributed by atoms with Crippen LogP contribution in [0.5, 0.6) is 0 Å². The van der Waals surface area contributed by atoms with Crippen molar-refractivity contribution in [2.75, 3.05) is 0 Å². The minimum atomic E-state index is 0.670. The van der Waals surface area contributed by atoms with E-state index in [0.29, 0.717) is 10.0 Å². The van der Waals surface area contributed by atoms with Gasteiger partial charge in [0.05, 0.1) is 19.6 Å². The second kappa shape index (κ2) is 3.82. The van der Waals surface area contributed by atoms with E-state index < -0.39 is 0 Å². The van der Waals surface area contributed by atoms with Gasteiger partial charge in [0.25, 0.3) is 0 Å². The van der Waals surface area contributed by atoms with Crippen LogP contribution < -0.4 is 5.19 Å². The molecule has 0 aromatic heterocycles. The predicted molar refractivity (Wildman–Crippen MR) is 57.2 cm³/mol. The van der Waals surface area contributed by atoms with Crippen molar-refractivity contribution in [2.24, 2.45) is 0 Å². The van der Waals surface area contributed by atoms with Crippen molar-refractivity contribution < 1.29 is 0 Å². The van der Waals surface area contributed by atoms with E-state index in [1.165, 1.54) is 10.8 Å². The highest BCUT2D eigenvalue weighted by Gasteiger charge is 2.07. The summed E-state index contributed by atoms with van der Waals surface area (Å²) in [5.74, 6) is 0. The number of benzene rings is 1. The van der Waals surface area contributed by atoms with E-state index in [4.69, 9.17) is 23.2 Å². The normalized spacial score (nSPS) is 10.4. The summed E-state index contributed by atoms with van der Waals surface area (Å²) in [7, 11) is 0.775. The molecule has 0 spiro atoms. The van der Waals surface area contributed by atoms with Crippen LogP contribution in [0.25, 0.3) is 0 Å². The summed E-state index contributed by atoms with van der Waals surface area (Å²) in [5, 5.41) is 2.67. The summed E-state index contributed by atoms with van der Waals surface area (Å²) in [4.78, 5) is 0. The molecule has 0 saturated heterocycles. The monoisotopic (exact) mass is 216 g/mol. The van der Waals surface area contributed by atoms with Crippen molar-refractivity contribution in [3.8, 4) is 0 Å². The predicted octanol–water partition coefficient (Wildman–Crippen LogP) is 2.99. The Hall–Kier alpha value is 0.0169. The second-order valence-electron chi connectivity index (χ2n) is 2.72. The van der Waals surface area contributed by atoms with Gasteiger partial charge in [0, 0.05) is 0 Å². The van der Waals surface area contributed by atoms with Gasteiger partial charge in [-0.2, -0.15) is 0 Å². The van der Waals surface area contributed by atoms with Crippen LogP contribution in [0.2, 0.25) is 16.6 Å². The Balaban J connectivity index is 3.39. The average molecular weight is 217 g/mol. The summed E-state index contributed by atoms with van der Waals surface area (Å²) in [6.07, 6.45) is 0. The molecule has 0 unspecified atom stereocenters. The van der Waals surface area contributed by atoms with Crippen molar-refractivity contribution in [1.82, 2.24) is 0 Å². The van der Waals surface area contributed by atoms with Crippen LogP contribution in [-0.2, 0) is 0 Å². The summed E-state index contributed by atoms with van der Waals surface area (Å²) in [6.45, 7) is 6.24. The van der Waals surface area contributed by atoms with Crippen molar-refractivity contribution in [2.45, 2.75) is 20.4 Å². The summed E-state index contributed by atoms with van der Waals surface area (Å²) < 4.78 is 0. The molecular weight excluding hydrogens is 207 g/mol. The molecule has 1 rings (SSSR count). The van der Waals surface area contributed by atoms with E-state index in [2.05, 4.69) is 13.5 Å². The Morgan fingerprint density at radius 3 is 2.25 bits per heavy atom. The Labute approximate surface area is 85.7 Å². The van der Waals surface area contributed by atoms with Crippen molar-refractivity contribution in [3.63, 3.8) is 0 Å². The number of halogens is 2. The van der Waals surface area contributed by atoms with E-state index in [1.807, 2.05) is 13.0 Å². The van der Waals surface area contributed by atoms with Crippen LogP contribution in [0.3, 0.4) is 0 Å². The first-order valence-corrected chi connectivity index (χ1v) is 5.96. The number of hydrogen-bond acceptors (Lipinski definition) is 0. The SMILES string of the molecule is C[Si]c1cc(Cl)c(Cl)c(C)c1C. The molecule has 64 valence electrons. The first kappa shape index (κ1) is 10.1. The lowest BCUT2D eigenvalue weighted by Gasteiger charge is -2.09. The lowest BCUT2D eigenvalue weighted by atomic mass is 10.1. The zero-order chi connectivity index (χ0) is 9.30. The molecule has 0 atom stereocenters. The van der Waals surface area contributed by atoms with Crippen LogP contribution in [-0.4, -0.2) is 9.52 Å². The van der Waals surface area contributed by atoms with Crippen LogP contribution >= 0.6 is 23.2 Å². The molecule has 2 radical (unpaired) electrons. The smallest absolute Gasteiger partial charge is 0.0777 e. The third-order valence-corrected chi connectivity index (χ3v) is 3.99. The number of rotatable bonds is 1. The van der Waals surface area contributed by atoms with Crippen LogP contribution in [0.1, 0.15) is 11.1 Å². The van der Waals surface area contributed by atoms with E-state index in [1.54, 1.807) is 0 Å². The second-order valence-corrected chi connectivity index (χ2v) is 4.54. The molecule has 0 N–H and O–H groups in total. The van der Waals surface area contributed by atoms with E-state index in [-0.39, 0.29) is 0 Å². The maximum atomic E-state index is 5.98. The van der Waals surface area contributed by atoms with Gasteiger partial charge in [0.2, 0.25) is 0 Å². The molecule has 0 aliphatic carbocycles. The average Bonchev–Trinajstić information content (AvgIpc) is 2.08. The molecule has 0 nitrogen and oxygen atoms in total. The highest BCUT2D eigenvalue weighted by Crippen LogP contribution is 2.26. The summed E-state index contributed by atoms with van der Waals surface area (Å²) >= 11 is 11.9. The van der Waals surface area contributed by atoms with Crippen LogP contribution in [0.15, 0.2) is 6.07 Å². The fourth-order valence-corrected chi connectivity index (χ4v) is 2.49. The van der Waals surface area contributed by atoms with Crippen molar-refractivity contribution >= 4 is 37.9 Å². The third-order valence-electron chi connectivity index (χ3n) is 2.05.